The zero-order valence-electron chi connectivity index (χ0n) is 16.6. The van der Waals surface area contributed by atoms with Gasteiger partial charge < -0.3 is 15.8 Å². The van der Waals surface area contributed by atoms with Crippen LogP contribution in [0.2, 0.25) is 5.02 Å². The highest BCUT2D eigenvalue weighted by Gasteiger charge is 2.34. The lowest BCUT2D eigenvalue weighted by Gasteiger charge is -2.25. The Bertz CT molecular complexity index is 1120. The van der Waals surface area contributed by atoms with Crippen molar-refractivity contribution in [3.05, 3.63) is 46.6 Å². The number of ether oxygens (including phenoxy) is 1. The second-order valence-corrected chi connectivity index (χ2v) is 8.41. The van der Waals surface area contributed by atoms with Crippen LogP contribution in [0.5, 0.6) is 0 Å². The monoisotopic (exact) mass is 426 g/mol. The minimum Gasteiger partial charge on any atom is -0.469 e. The molecule has 1 aliphatic heterocycles. The number of halogens is 1. The number of nitrogen functional groups attached to an aromatic ring is 1. The third-order valence-electron chi connectivity index (χ3n) is 6.31. The first-order chi connectivity index (χ1) is 14.6. The van der Waals surface area contributed by atoms with E-state index in [4.69, 9.17) is 27.1 Å². The molecule has 3 aromatic rings. The summed E-state index contributed by atoms with van der Waals surface area (Å²) in [4.78, 5) is 21.1. The molecule has 8 nitrogen and oxygen atoms in total. The van der Waals surface area contributed by atoms with Crippen molar-refractivity contribution in [3.8, 4) is 0 Å². The fraction of sp³-hybridized carbons (Fsp3) is 0.429. The lowest BCUT2D eigenvalue weighted by atomic mass is 9.81. The molecule has 1 aromatic carbocycles. The lowest BCUT2D eigenvalue weighted by molar-refractivity contribution is -0.146. The first kappa shape index (κ1) is 19.1. The summed E-state index contributed by atoms with van der Waals surface area (Å²) >= 11 is 6.37. The Labute approximate surface area is 178 Å². The smallest absolute Gasteiger partial charge is 0.308 e. The lowest BCUT2D eigenvalue weighted by Crippen LogP contribution is -2.23. The predicted molar refractivity (Wildman–Crippen MR) is 113 cm³/mol. The van der Waals surface area contributed by atoms with Gasteiger partial charge in [-0.25, -0.2) is 14.5 Å². The third-order valence-corrected chi connectivity index (χ3v) is 6.63. The number of imidazole rings is 1. The van der Waals surface area contributed by atoms with Gasteiger partial charge in [-0.05, 0) is 37.3 Å². The minimum absolute atomic E-state index is 0.0372. The van der Waals surface area contributed by atoms with E-state index in [1.54, 1.807) is 0 Å². The number of rotatable bonds is 3. The number of carbonyl (C=O) groups is 1. The number of hydrogen-bond acceptors (Lipinski definition) is 7. The number of hydrogen-bond donors (Lipinski definition) is 2. The molecular weight excluding hydrogens is 404 g/mol. The number of methoxy groups -OCH3 is 1. The number of benzene rings is 1. The summed E-state index contributed by atoms with van der Waals surface area (Å²) in [5.41, 5.74) is 9.94. The van der Waals surface area contributed by atoms with Crippen molar-refractivity contribution < 1.29 is 9.53 Å². The average Bonchev–Trinajstić information content (AvgIpc) is 3.37. The fourth-order valence-electron chi connectivity index (χ4n) is 4.78. The highest BCUT2D eigenvalue weighted by molar-refractivity contribution is 6.33. The average molecular weight is 427 g/mol. The summed E-state index contributed by atoms with van der Waals surface area (Å²) in [5.74, 6) is 1.32. The van der Waals surface area contributed by atoms with Gasteiger partial charge in [0.05, 0.1) is 35.5 Å². The van der Waals surface area contributed by atoms with Gasteiger partial charge in [0.1, 0.15) is 17.7 Å². The zero-order valence-corrected chi connectivity index (χ0v) is 17.4. The van der Waals surface area contributed by atoms with E-state index in [2.05, 4.69) is 21.5 Å². The minimum atomic E-state index is -0.126. The Balaban J connectivity index is 1.50. The highest BCUT2D eigenvalue weighted by atomic mass is 35.5. The van der Waals surface area contributed by atoms with Crippen molar-refractivity contribution in [1.29, 1.82) is 0 Å². The van der Waals surface area contributed by atoms with Crippen LogP contribution < -0.4 is 11.1 Å². The van der Waals surface area contributed by atoms with Crippen LogP contribution in [0.15, 0.2) is 24.5 Å². The van der Waals surface area contributed by atoms with Crippen molar-refractivity contribution in [2.45, 2.75) is 44.1 Å². The first-order valence-electron chi connectivity index (χ1n) is 10.2. The molecule has 2 aromatic heterocycles. The summed E-state index contributed by atoms with van der Waals surface area (Å²) in [6, 6.07) is 5.85. The molecule has 30 heavy (non-hydrogen) atoms. The van der Waals surface area contributed by atoms with Crippen LogP contribution in [0.1, 0.15) is 54.7 Å². The number of anilines is 2. The van der Waals surface area contributed by atoms with Crippen molar-refractivity contribution in [2.75, 3.05) is 18.2 Å². The van der Waals surface area contributed by atoms with Gasteiger partial charge in [-0.3, -0.25) is 4.79 Å². The van der Waals surface area contributed by atoms with Crippen molar-refractivity contribution >= 4 is 34.6 Å². The van der Waals surface area contributed by atoms with Gasteiger partial charge in [0.2, 0.25) is 0 Å². The molecular formula is C21H23ClN6O2. The molecule has 0 bridgehead atoms. The van der Waals surface area contributed by atoms with E-state index in [0.717, 1.165) is 60.4 Å². The number of fused-ring (bicyclic) bond motifs is 2. The van der Waals surface area contributed by atoms with E-state index >= 15 is 0 Å². The molecule has 156 valence electrons. The number of nitrogens with two attached hydrogens (primary N) is 1. The molecule has 1 saturated carbocycles. The number of aromatic nitrogens is 4. The number of nitrogens with one attached hydrogen (secondary N) is 1. The number of nitrogens with zero attached hydrogens (tertiary/aromatic N) is 4. The van der Waals surface area contributed by atoms with Gasteiger partial charge in [0.15, 0.2) is 5.82 Å². The fourth-order valence-corrected chi connectivity index (χ4v) is 5.02. The van der Waals surface area contributed by atoms with E-state index in [1.807, 2.05) is 16.6 Å². The molecule has 1 unspecified atom stereocenters. The molecule has 9 heteroatoms. The molecule has 0 amide bonds. The van der Waals surface area contributed by atoms with Crippen LogP contribution in [0, 0.1) is 5.92 Å². The van der Waals surface area contributed by atoms with Gasteiger partial charge in [-0.15, -0.1) is 0 Å². The van der Waals surface area contributed by atoms with Crippen LogP contribution in [0.25, 0.3) is 5.52 Å². The van der Waals surface area contributed by atoms with Crippen LogP contribution in [0.3, 0.4) is 0 Å². The van der Waals surface area contributed by atoms with Crippen molar-refractivity contribution in [1.82, 2.24) is 19.6 Å². The van der Waals surface area contributed by atoms with Gasteiger partial charge in [-0.1, -0.05) is 23.7 Å². The normalized spacial score (nSPS) is 23.2. The molecule has 0 saturated heterocycles. The molecule has 2 aliphatic rings. The second-order valence-electron chi connectivity index (χ2n) is 8.01. The maximum Gasteiger partial charge on any atom is 0.308 e. The van der Waals surface area contributed by atoms with Crippen LogP contribution >= 0.6 is 11.6 Å². The molecule has 1 fully saturated rings. The first-order valence-corrected chi connectivity index (χ1v) is 10.6. The Morgan fingerprint density at radius 3 is 2.83 bits per heavy atom. The van der Waals surface area contributed by atoms with Crippen molar-refractivity contribution in [3.63, 3.8) is 0 Å². The van der Waals surface area contributed by atoms with Crippen molar-refractivity contribution in [2.24, 2.45) is 5.92 Å². The summed E-state index contributed by atoms with van der Waals surface area (Å²) in [5, 5.41) is 8.67. The van der Waals surface area contributed by atoms with Crippen LogP contribution in [0.4, 0.5) is 11.5 Å². The standard InChI is InChI=1S/C21H23ClN6O2/c1-30-21(29)12-7-5-11(6-8-12)20-27-17(18-19(23)24-10-25-28(18)20)15-9-13-3-2-4-14(22)16(13)26-15/h2-4,10-12,15,26H,5-9H2,1H3,(H2,23,24,25). The molecule has 0 radical (unpaired) electrons. The Kier molecular flexibility index (Phi) is 4.73. The molecule has 0 spiro atoms. The summed E-state index contributed by atoms with van der Waals surface area (Å²) in [6.07, 6.45) is 5.50. The topological polar surface area (TPSA) is 107 Å². The SMILES string of the molecule is COC(=O)C1CCC(c2nc(C3Cc4cccc(Cl)c4N3)c3c(N)ncnn23)CC1. The van der Waals surface area contributed by atoms with E-state index in [1.165, 1.54) is 13.4 Å². The Morgan fingerprint density at radius 1 is 1.30 bits per heavy atom. The van der Waals surface area contributed by atoms with E-state index in [-0.39, 0.29) is 23.8 Å². The maximum atomic E-state index is 11.9. The van der Waals surface area contributed by atoms with Crippen LogP contribution in [-0.2, 0) is 16.0 Å². The third kappa shape index (κ3) is 3.06. The Morgan fingerprint density at radius 2 is 2.10 bits per heavy atom. The van der Waals surface area contributed by atoms with Crippen LogP contribution in [-0.4, -0.2) is 32.7 Å². The predicted octanol–water partition coefficient (Wildman–Crippen LogP) is 3.52. The van der Waals surface area contributed by atoms with E-state index in [0.29, 0.717) is 10.8 Å². The zero-order chi connectivity index (χ0) is 20.8. The van der Waals surface area contributed by atoms with Gasteiger partial charge in [-0.2, -0.15) is 5.10 Å². The highest BCUT2D eigenvalue weighted by Crippen LogP contribution is 2.42. The maximum absolute atomic E-state index is 11.9. The summed E-state index contributed by atoms with van der Waals surface area (Å²) in [7, 11) is 1.45. The molecule has 1 atom stereocenters. The quantitative estimate of drug-likeness (QED) is 0.617. The van der Waals surface area contributed by atoms with E-state index < -0.39 is 0 Å². The van der Waals surface area contributed by atoms with Gasteiger partial charge in [0.25, 0.3) is 0 Å². The molecule has 5 rings (SSSR count). The number of carbonyl (C=O) groups excluding carboxylic acids is 1. The summed E-state index contributed by atoms with van der Waals surface area (Å²) in [6.45, 7) is 0. The number of esters is 1. The molecule has 1 aliphatic carbocycles. The summed E-state index contributed by atoms with van der Waals surface area (Å²) < 4.78 is 6.74. The number of para-hydroxylation sites is 1. The Hall–Kier alpha value is -2.87. The largest absolute Gasteiger partial charge is 0.469 e. The molecule has 3 N–H and O–H groups in total. The van der Waals surface area contributed by atoms with Gasteiger partial charge >= 0.3 is 5.97 Å². The second kappa shape index (κ2) is 7.43. The van der Waals surface area contributed by atoms with Gasteiger partial charge in [0, 0.05) is 12.3 Å². The molecule has 3 heterocycles. The van der Waals surface area contributed by atoms with E-state index in [9.17, 15) is 4.79 Å².